The maximum Gasteiger partial charge on any atom is 0.222 e. The van der Waals surface area contributed by atoms with E-state index in [4.69, 9.17) is 5.73 Å². The van der Waals surface area contributed by atoms with Gasteiger partial charge in [-0.25, -0.2) is 4.98 Å². The van der Waals surface area contributed by atoms with Crippen LogP contribution in [0.25, 0.3) is 16.5 Å². The average Bonchev–Trinajstić information content (AvgIpc) is 3.11. The van der Waals surface area contributed by atoms with Gasteiger partial charge in [-0.3, -0.25) is 4.99 Å². The van der Waals surface area contributed by atoms with Crippen molar-refractivity contribution in [3.05, 3.63) is 29.8 Å². The third-order valence-corrected chi connectivity index (χ3v) is 4.78. The highest BCUT2D eigenvalue weighted by atomic mass is 16.3. The summed E-state index contributed by atoms with van der Waals surface area (Å²) in [7, 11) is 0. The number of anilines is 2. The molecular formula is C18H21N5O. The Kier molecular flexibility index (Phi) is 3.90. The summed E-state index contributed by atoms with van der Waals surface area (Å²) in [5, 5.41) is 14.5. The first-order valence-electron chi connectivity index (χ1n) is 8.42. The summed E-state index contributed by atoms with van der Waals surface area (Å²) in [5.41, 5.74) is 8.98. The lowest BCUT2D eigenvalue weighted by molar-refractivity contribution is 0.116. The Hall–Kier alpha value is -2.47. The number of nitrogens with zero attached hydrogens (tertiary/aromatic N) is 3. The number of allylic oxidation sites excluding steroid dienone is 1. The highest BCUT2D eigenvalue weighted by Gasteiger charge is 2.24. The lowest BCUT2D eigenvalue weighted by atomic mass is 9.92. The van der Waals surface area contributed by atoms with Gasteiger partial charge in [0, 0.05) is 11.6 Å². The summed E-state index contributed by atoms with van der Waals surface area (Å²) >= 11 is 0. The van der Waals surface area contributed by atoms with Gasteiger partial charge >= 0.3 is 0 Å². The van der Waals surface area contributed by atoms with Crippen LogP contribution in [0.4, 0.5) is 11.8 Å². The van der Waals surface area contributed by atoms with E-state index in [2.05, 4.69) is 26.3 Å². The van der Waals surface area contributed by atoms with Crippen LogP contribution in [0.1, 0.15) is 31.2 Å². The highest BCUT2D eigenvalue weighted by molar-refractivity contribution is 5.95. The second-order valence-electron chi connectivity index (χ2n) is 6.45. The molecule has 1 aliphatic heterocycles. The fraction of sp³-hybridized carbons (Fsp3) is 0.389. The molecule has 2 atom stereocenters. The minimum atomic E-state index is -0.343. The largest absolute Gasteiger partial charge is 0.391 e. The van der Waals surface area contributed by atoms with Crippen molar-refractivity contribution in [3.8, 4) is 0 Å². The third-order valence-electron chi connectivity index (χ3n) is 4.78. The molecule has 4 rings (SSSR count). The molecule has 1 saturated carbocycles. The molecule has 2 aliphatic rings. The lowest BCUT2D eigenvalue weighted by Crippen LogP contribution is -2.36. The second kappa shape index (κ2) is 6.20. The van der Waals surface area contributed by atoms with E-state index in [1.807, 2.05) is 24.4 Å². The van der Waals surface area contributed by atoms with Crippen molar-refractivity contribution < 1.29 is 5.11 Å². The molecule has 0 bridgehead atoms. The molecule has 1 aliphatic carbocycles. The molecule has 4 N–H and O–H groups in total. The maximum atomic E-state index is 10.2. The molecule has 0 amide bonds. The van der Waals surface area contributed by atoms with Crippen molar-refractivity contribution in [1.82, 2.24) is 9.97 Å². The standard InChI is InChI=1S/C18H21N5O/c19-18-22-15-9-11(12-7-8-20-10-12)5-6-13(15)17(23-18)21-14-3-1-2-4-16(14)24/h5-9,14,16,24H,1-4,10H2,(H3,19,21,22,23)/t14-,16+/m1/s1. The normalized spacial score (nSPS) is 23.5. The highest BCUT2D eigenvalue weighted by Crippen LogP contribution is 2.29. The van der Waals surface area contributed by atoms with Crippen molar-refractivity contribution >= 4 is 34.5 Å². The molecule has 1 fully saturated rings. The first-order valence-corrected chi connectivity index (χ1v) is 8.42. The number of rotatable bonds is 3. The lowest BCUT2D eigenvalue weighted by Gasteiger charge is -2.29. The first kappa shape index (κ1) is 15.1. The van der Waals surface area contributed by atoms with Crippen LogP contribution < -0.4 is 11.1 Å². The Morgan fingerprint density at radius 1 is 1.17 bits per heavy atom. The molecule has 0 spiro atoms. The molecule has 6 nitrogen and oxygen atoms in total. The monoisotopic (exact) mass is 323 g/mol. The quantitative estimate of drug-likeness (QED) is 0.806. The van der Waals surface area contributed by atoms with Crippen LogP contribution in [0.15, 0.2) is 29.3 Å². The Bertz CT molecular complexity index is 830. The molecule has 24 heavy (non-hydrogen) atoms. The van der Waals surface area contributed by atoms with E-state index in [0.717, 1.165) is 42.1 Å². The molecule has 1 aromatic carbocycles. The summed E-state index contributed by atoms with van der Waals surface area (Å²) in [6, 6.07) is 6.11. The van der Waals surface area contributed by atoms with E-state index in [-0.39, 0.29) is 18.1 Å². The summed E-state index contributed by atoms with van der Waals surface area (Å²) in [6.07, 6.45) is 7.46. The molecule has 2 heterocycles. The molecule has 0 unspecified atom stereocenters. The Balaban J connectivity index is 1.70. The topological polar surface area (TPSA) is 96.4 Å². The number of hydrogen-bond acceptors (Lipinski definition) is 6. The van der Waals surface area contributed by atoms with Gasteiger partial charge in [0.1, 0.15) is 5.82 Å². The number of nitrogen functional groups attached to an aromatic ring is 1. The van der Waals surface area contributed by atoms with Gasteiger partial charge in [-0.2, -0.15) is 4.98 Å². The number of aromatic nitrogens is 2. The van der Waals surface area contributed by atoms with Crippen LogP contribution in [-0.2, 0) is 0 Å². The van der Waals surface area contributed by atoms with Crippen molar-refractivity contribution in [3.63, 3.8) is 0 Å². The Morgan fingerprint density at radius 2 is 2.04 bits per heavy atom. The smallest absolute Gasteiger partial charge is 0.222 e. The van der Waals surface area contributed by atoms with Gasteiger partial charge in [-0.05, 0) is 42.2 Å². The number of aliphatic hydroxyl groups excluding tert-OH is 1. The Labute approximate surface area is 140 Å². The summed E-state index contributed by atoms with van der Waals surface area (Å²) in [5.74, 6) is 0.941. The number of aliphatic imine (C=N–C) groups is 1. The number of hydrogen-bond donors (Lipinski definition) is 3. The van der Waals surface area contributed by atoms with E-state index >= 15 is 0 Å². The number of benzene rings is 1. The third kappa shape index (κ3) is 2.85. The van der Waals surface area contributed by atoms with Crippen molar-refractivity contribution in [2.75, 3.05) is 17.6 Å². The van der Waals surface area contributed by atoms with Gasteiger partial charge in [-0.1, -0.05) is 18.9 Å². The van der Waals surface area contributed by atoms with Crippen molar-refractivity contribution in [2.45, 2.75) is 37.8 Å². The SMILES string of the molecule is Nc1nc(N[C@@H]2CCCC[C@@H]2O)c2ccc(C3=CC=NC3)cc2n1. The number of fused-ring (bicyclic) bond motifs is 1. The van der Waals surface area contributed by atoms with Crippen LogP contribution in [0, 0.1) is 0 Å². The molecule has 0 radical (unpaired) electrons. The zero-order valence-electron chi connectivity index (χ0n) is 13.4. The van der Waals surface area contributed by atoms with Crippen LogP contribution in [-0.4, -0.2) is 40.0 Å². The van der Waals surface area contributed by atoms with E-state index < -0.39 is 0 Å². The fourth-order valence-corrected chi connectivity index (χ4v) is 3.45. The molecule has 1 aromatic heterocycles. The molecule has 2 aromatic rings. The summed E-state index contributed by atoms with van der Waals surface area (Å²) in [6.45, 7) is 0.700. The number of aliphatic hydroxyl groups is 1. The maximum absolute atomic E-state index is 10.2. The first-order chi connectivity index (χ1) is 11.7. The van der Waals surface area contributed by atoms with Crippen molar-refractivity contribution in [1.29, 1.82) is 0 Å². The zero-order chi connectivity index (χ0) is 16.5. The van der Waals surface area contributed by atoms with Crippen LogP contribution in [0.5, 0.6) is 0 Å². The van der Waals surface area contributed by atoms with Crippen LogP contribution >= 0.6 is 0 Å². The van der Waals surface area contributed by atoms with Crippen LogP contribution in [0.3, 0.4) is 0 Å². The second-order valence-corrected chi connectivity index (χ2v) is 6.45. The number of nitrogens with two attached hydrogens (primary N) is 1. The van der Waals surface area contributed by atoms with E-state index in [1.165, 1.54) is 5.57 Å². The average molecular weight is 323 g/mol. The van der Waals surface area contributed by atoms with E-state index in [1.54, 1.807) is 0 Å². The molecule has 0 saturated heterocycles. The van der Waals surface area contributed by atoms with Gasteiger partial charge in [0.25, 0.3) is 0 Å². The van der Waals surface area contributed by atoms with Gasteiger partial charge in [0.15, 0.2) is 0 Å². The zero-order valence-corrected chi connectivity index (χ0v) is 13.4. The molecular weight excluding hydrogens is 302 g/mol. The summed E-state index contributed by atoms with van der Waals surface area (Å²) in [4.78, 5) is 13.0. The minimum absolute atomic E-state index is 0.0156. The minimum Gasteiger partial charge on any atom is -0.391 e. The Morgan fingerprint density at radius 3 is 2.83 bits per heavy atom. The van der Waals surface area contributed by atoms with Crippen molar-refractivity contribution in [2.24, 2.45) is 4.99 Å². The fourth-order valence-electron chi connectivity index (χ4n) is 3.45. The van der Waals surface area contributed by atoms with E-state index in [0.29, 0.717) is 12.4 Å². The van der Waals surface area contributed by atoms with Gasteiger partial charge in [0.05, 0.1) is 24.2 Å². The van der Waals surface area contributed by atoms with Gasteiger partial charge in [-0.15, -0.1) is 0 Å². The number of nitrogens with one attached hydrogen (secondary N) is 1. The van der Waals surface area contributed by atoms with Gasteiger partial charge in [0.2, 0.25) is 5.95 Å². The predicted octanol–water partition coefficient (Wildman–Crippen LogP) is 2.40. The van der Waals surface area contributed by atoms with Gasteiger partial charge < -0.3 is 16.2 Å². The summed E-state index contributed by atoms with van der Waals surface area (Å²) < 4.78 is 0. The van der Waals surface area contributed by atoms with E-state index in [9.17, 15) is 5.11 Å². The van der Waals surface area contributed by atoms with Crippen LogP contribution in [0.2, 0.25) is 0 Å². The predicted molar refractivity (Wildman–Crippen MR) is 97.2 cm³/mol. The molecule has 124 valence electrons. The molecule has 6 heteroatoms.